The van der Waals surface area contributed by atoms with Crippen LogP contribution in [0.3, 0.4) is 0 Å². The molecule has 1 aromatic rings. The predicted octanol–water partition coefficient (Wildman–Crippen LogP) is 4.60. The molecule has 0 aromatic heterocycles. The third-order valence-corrected chi connectivity index (χ3v) is 3.97. The first-order valence-electron chi connectivity index (χ1n) is 6.90. The largest absolute Gasteiger partial charge is 0.294 e. The third kappa shape index (κ3) is 2.80. The first kappa shape index (κ1) is 13.3. The lowest BCUT2D eigenvalue weighted by atomic mass is 9.87. The van der Waals surface area contributed by atoms with Crippen molar-refractivity contribution in [3.63, 3.8) is 0 Å². The Morgan fingerprint density at radius 2 is 1.56 bits per heavy atom. The monoisotopic (exact) mass is 248 g/mol. The summed E-state index contributed by atoms with van der Waals surface area (Å²) in [5, 5.41) is 0. The minimum absolute atomic E-state index is 0.148. The number of carbonyl (C=O) groups excluding carboxylic acids is 1. The zero-order chi connectivity index (χ0) is 13.1. The predicted molar refractivity (Wildman–Crippen MR) is 71.4 cm³/mol. The van der Waals surface area contributed by atoms with Gasteiger partial charge in [0, 0.05) is 11.5 Å². The molecular formula is C16H21FO. The highest BCUT2D eigenvalue weighted by Crippen LogP contribution is 2.28. The number of rotatable bonds is 2. The van der Waals surface area contributed by atoms with E-state index in [-0.39, 0.29) is 17.5 Å². The molecule has 2 rings (SSSR count). The highest BCUT2D eigenvalue weighted by molar-refractivity contribution is 6.00. The first-order chi connectivity index (χ1) is 8.59. The van der Waals surface area contributed by atoms with E-state index in [1.54, 1.807) is 0 Å². The number of Topliss-reactive ketones (excluding diaryl/α,β-unsaturated/α-hetero) is 1. The van der Waals surface area contributed by atoms with Crippen molar-refractivity contribution in [2.75, 3.05) is 0 Å². The number of benzene rings is 1. The van der Waals surface area contributed by atoms with Gasteiger partial charge < -0.3 is 0 Å². The lowest BCUT2D eigenvalue weighted by molar-refractivity contribution is 0.0906. The summed E-state index contributed by atoms with van der Waals surface area (Å²) in [4.78, 5) is 12.6. The molecule has 0 heterocycles. The molecule has 0 N–H and O–H groups in total. The Labute approximate surface area is 108 Å². The van der Waals surface area contributed by atoms with Crippen LogP contribution in [0.1, 0.15) is 60.0 Å². The normalized spacial score (nSPS) is 17.5. The number of carbonyl (C=O) groups is 1. The van der Waals surface area contributed by atoms with Crippen molar-refractivity contribution < 1.29 is 9.18 Å². The fourth-order valence-electron chi connectivity index (χ4n) is 3.05. The maximum absolute atomic E-state index is 13.3. The molecule has 0 bridgehead atoms. The molecular weight excluding hydrogens is 227 g/mol. The first-order valence-corrected chi connectivity index (χ1v) is 6.90. The Kier molecular flexibility index (Phi) is 4.15. The van der Waals surface area contributed by atoms with Gasteiger partial charge in [0.15, 0.2) is 5.78 Å². The summed E-state index contributed by atoms with van der Waals surface area (Å²) >= 11 is 0. The maximum Gasteiger partial charge on any atom is 0.166 e. The van der Waals surface area contributed by atoms with Crippen molar-refractivity contribution in [1.82, 2.24) is 0 Å². The highest BCUT2D eigenvalue weighted by Gasteiger charge is 2.24. The van der Waals surface area contributed by atoms with Gasteiger partial charge in [0.05, 0.1) is 0 Å². The van der Waals surface area contributed by atoms with Gasteiger partial charge in [0.1, 0.15) is 5.82 Å². The molecule has 0 amide bonds. The van der Waals surface area contributed by atoms with Gasteiger partial charge in [-0.05, 0) is 49.9 Å². The minimum atomic E-state index is -0.248. The van der Waals surface area contributed by atoms with Crippen molar-refractivity contribution in [2.45, 2.75) is 52.4 Å². The second kappa shape index (κ2) is 5.64. The average Bonchev–Trinajstić information content (AvgIpc) is 2.55. The van der Waals surface area contributed by atoms with Crippen LogP contribution in [-0.4, -0.2) is 5.78 Å². The molecule has 1 aliphatic carbocycles. The molecule has 1 aromatic carbocycles. The summed E-state index contributed by atoms with van der Waals surface area (Å²) in [7, 11) is 0. The number of ketones is 1. The van der Waals surface area contributed by atoms with Gasteiger partial charge in [-0.3, -0.25) is 4.79 Å². The Morgan fingerprint density at radius 1 is 1.06 bits per heavy atom. The van der Waals surface area contributed by atoms with Crippen LogP contribution in [0.25, 0.3) is 0 Å². The van der Waals surface area contributed by atoms with Crippen LogP contribution in [-0.2, 0) is 0 Å². The molecule has 1 aliphatic rings. The molecule has 2 heteroatoms. The van der Waals surface area contributed by atoms with Crippen LogP contribution in [0, 0.1) is 25.6 Å². The van der Waals surface area contributed by atoms with Crippen molar-refractivity contribution in [3.05, 3.63) is 34.6 Å². The van der Waals surface area contributed by atoms with E-state index in [4.69, 9.17) is 0 Å². The molecule has 0 atom stereocenters. The van der Waals surface area contributed by atoms with E-state index in [1.165, 1.54) is 25.0 Å². The van der Waals surface area contributed by atoms with Crippen LogP contribution in [0.4, 0.5) is 4.39 Å². The number of hydrogen-bond donors (Lipinski definition) is 0. The number of halogens is 1. The lowest BCUT2D eigenvalue weighted by Crippen LogP contribution is -2.17. The van der Waals surface area contributed by atoms with Crippen molar-refractivity contribution in [2.24, 2.45) is 5.92 Å². The van der Waals surface area contributed by atoms with Gasteiger partial charge in [-0.2, -0.15) is 0 Å². The van der Waals surface area contributed by atoms with Crippen molar-refractivity contribution in [1.29, 1.82) is 0 Å². The molecule has 1 nitrogen and oxygen atoms in total. The lowest BCUT2D eigenvalue weighted by Gasteiger charge is -2.16. The van der Waals surface area contributed by atoms with E-state index in [0.29, 0.717) is 0 Å². The summed E-state index contributed by atoms with van der Waals surface area (Å²) < 4.78 is 13.3. The fourth-order valence-corrected chi connectivity index (χ4v) is 3.05. The van der Waals surface area contributed by atoms with E-state index in [0.717, 1.165) is 42.4 Å². The Morgan fingerprint density at radius 3 is 2.06 bits per heavy atom. The molecule has 0 aliphatic heterocycles. The molecule has 1 saturated carbocycles. The van der Waals surface area contributed by atoms with E-state index in [2.05, 4.69) is 0 Å². The van der Waals surface area contributed by atoms with E-state index in [1.807, 2.05) is 13.8 Å². The van der Waals surface area contributed by atoms with Gasteiger partial charge in [-0.25, -0.2) is 4.39 Å². The second-order valence-corrected chi connectivity index (χ2v) is 5.47. The highest BCUT2D eigenvalue weighted by atomic mass is 19.1. The molecule has 0 saturated heterocycles. The zero-order valence-electron chi connectivity index (χ0n) is 11.3. The summed E-state index contributed by atoms with van der Waals surface area (Å²) in [6, 6.07) is 2.94. The molecule has 98 valence electrons. The standard InChI is InChI=1S/C16H21FO/c1-11-9-14(17)10-12(2)15(11)16(18)13-7-5-3-4-6-8-13/h9-10,13H,3-8H2,1-2H3. The van der Waals surface area contributed by atoms with Crippen LogP contribution in [0.15, 0.2) is 12.1 Å². The number of aryl methyl sites for hydroxylation is 2. The molecule has 18 heavy (non-hydrogen) atoms. The Bertz CT molecular complexity index is 419. The van der Waals surface area contributed by atoms with Gasteiger partial charge >= 0.3 is 0 Å². The quantitative estimate of drug-likeness (QED) is 0.552. The zero-order valence-corrected chi connectivity index (χ0v) is 11.3. The summed E-state index contributed by atoms with van der Waals surface area (Å²) in [6.45, 7) is 3.67. The van der Waals surface area contributed by atoms with Gasteiger partial charge in [-0.15, -0.1) is 0 Å². The Hall–Kier alpha value is -1.18. The van der Waals surface area contributed by atoms with Gasteiger partial charge in [0.2, 0.25) is 0 Å². The van der Waals surface area contributed by atoms with Crippen LogP contribution in [0.2, 0.25) is 0 Å². The third-order valence-electron chi connectivity index (χ3n) is 3.97. The average molecular weight is 248 g/mol. The fraction of sp³-hybridized carbons (Fsp3) is 0.562. The molecule has 0 spiro atoms. The van der Waals surface area contributed by atoms with Crippen LogP contribution < -0.4 is 0 Å². The summed E-state index contributed by atoms with van der Waals surface area (Å²) in [5.74, 6) is 0.129. The minimum Gasteiger partial charge on any atom is -0.294 e. The molecule has 0 radical (unpaired) electrons. The maximum atomic E-state index is 13.3. The second-order valence-electron chi connectivity index (χ2n) is 5.47. The number of hydrogen-bond acceptors (Lipinski definition) is 1. The van der Waals surface area contributed by atoms with Crippen LogP contribution in [0.5, 0.6) is 0 Å². The Balaban J connectivity index is 2.27. The van der Waals surface area contributed by atoms with Crippen molar-refractivity contribution >= 4 is 5.78 Å². The van der Waals surface area contributed by atoms with E-state index < -0.39 is 0 Å². The summed E-state index contributed by atoms with van der Waals surface area (Å²) in [5.41, 5.74) is 2.31. The summed E-state index contributed by atoms with van der Waals surface area (Å²) in [6.07, 6.45) is 6.77. The topological polar surface area (TPSA) is 17.1 Å². The van der Waals surface area contributed by atoms with Crippen LogP contribution >= 0.6 is 0 Å². The van der Waals surface area contributed by atoms with E-state index >= 15 is 0 Å². The van der Waals surface area contributed by atoms with Gasteiger partial charge in [-0.1, -0.05) is 25.7 Å². The molecule has 1 fully saturated rings. The van der Waals surface area contributed by atoms with Gasteiger partial charge in [0.25, 0.3) is 0 Å². The van der Waals surface area contributed by atoms with E-state index in [9.17, 15) is 9.18 Å². The SMILES string of the molecule is Cc1cc(F)cc(C)c1C(=O)C1CCCCCC1. The molecule has 0 unspecified atom stereocenters. The smallest absolute Gasteiger partial charge is 0.166 e. The van der Waals surface area contributed by atoms with Crippen molar-refractivity contribution in [3.8, 4) is 0 Å².